The van der Waals surface area contributed by atoms with Crippen molar-refractivity contribution in [3.63, 3.8) is 0 Å². The second-order valence-corrected chi connectivity index (χ2v) is 6.70. The van der Waals surface area contributed by atoms with Crippen molar-refractivity contribution in [3.8, 4) is 11.3 Å². The largest absolute Gasteiger partial charge is 0.386 e. The van der Waals surface area contributed by atoms with Crippen LogP contribution in [0, 0.1) is 5.82 Å². The number of nitrogens with one attached hydrogen (secondary N) is 2. The monoisotopic (exact) mass is 523 g/mol. The Bertz CT molecular complexity index is 947. The van der Waals surface area contributed by atoms with Crippen LogP contribution in [0.3, 0.4) is 0 Å². The Morgan fingerprint density at radius 3 is 2.60 bits per heavy atom. The first-order valence-electron chi connectivity index (χ1n) is 9.59. The number of imidazole rings is 1. The molecule has 3 N–H and O–H groups in total. The minimum absolute atomic E-state index is 0. The third-order valence-corrected chi connectivity index (χ3v) is 4.47. The van der Waals surface area contributed by atoms with Crippen LogP contribution in [0.15, 0.2) is 65.8 Å². The second kappa shape index (κ2) is 11.7. The molecule has 0 bridgehead atoms. The first kappa shape index (κ1) is 23.8. The third kappa shape index (κ3) is 6.27. The summed E-state index contributed by atoms with van der Waals surface area (Å²) in [5.74, 6) is 0.977. The number of benzene rings is 2. The molecule has 0 radical (unpaired) electrons. The maximum atomic E-state index is 13.9. The van der Waals surface area contributed by atoms with Gasteiger partial charge in [-0.3, -0.25) is 4.99 Å². The van der Waals surface area contributed by atoms with Crippen LogP contribution in [0.25, 0.3) is 11.3 Å². The van der Waals surface area contributed by atoms with E-state index in [1.54, 1.807) is 18.2 Å². The Morgan fingerprint density at radius 1 is 1.20 bits per heavy atom. The molecule has 3 rings (SSSR count). The van der Waals surface area contributed by atoms with Gasteiger partial charge in [0.25, 0.3) is 0 Å². The normalized spacial score (nSPS) is 12.2. The third-order valence-electron chi connectivity index (χ3n) is 4.47. The van der Waals surface area contributed by atoms with E-state index in [1.807, 2.05) is 55.4 Å². The highest BCUT2D eigenvalue weighted by molar-refractivity contribution is 14.0. The van der Waals surface area contributed by atoms with Gasteiger partial charge in [0.05, 0.1) is 25.0 Å². The molecule has 0 aliphatic heterocycles. The van der Waals surface area contributed by atoms with Gasteiger partial charge >= 0.3 is 0 Å². The first-order valence-corrected chi connectivity index (χ1v) is 9.59. The highest BCUT2D eigenvalue weighted by atomic mass is 127. The maximum absolute atomic E-state index is 13.9. The standard InChI is InChI=1S/C22H26FN5O.HI/c1-3-24-22(26-14-20(29)17-11-7-8-12-18(17)23)28(2)15-21-25-13-19(27-21)16-9-5-4-6-10-16;/h4-13,20,29H,3,14-15H2,1-2H3,(H,24,26)(H,25,27);1H. The maximum Gasteiger partial charge on any atom is 0.194 e. The van der Waals surface area contributed by atoms with Gasteiger partial charge in [0.2, 0.25) is 0 Å². The van der Waals surface area contributed by atoms with E-state index in [9.17, 15) is 9.50 Å². The molecule has 30 heavy (non-hydrogen) atoms. The molecule has 0 spiro atoms. The van der Waals surface area contributed by atoms with Crippen molar-refractivity contribution in [1.29, 1.82) is 0 Å². The minimum atomic E-state index is -1.01. The fourth-order valence-electron chi connectivity index (χ4n) is 2.99. The van der Waals surface area contributed by atoms with Crippen LogP contribution in [-0.2, 0) is 6.54 Å². The number of aromatic amines is 1. The van der Waals surface area contributed by atoms with Gasteiger partial charge in [-0.15, -0.1) is 24.0 Å². The zero-order chi connectivity index (χ0) is 20.6. The number of hydrogen-bond donors (Lipinski definition) is 3. The van der Waals surface area contributed by atoms with Crippen LogP contribution in [0.1, 0.15) is 24.4 Å². The molecule has 0 amide bonds. The molecule has 160 valence electrons. The Balaban J connectivity index is 0.00000320. The molecule has 1 aromatic heterocycles. The van der Waals surface area contributed by atoms with Crippen molar-refractivity contribution in [2.75, 3.05) is 20.1 Å². The number of rotatable bonds is 7. The van der Waals surface area contributed by atoms with Crippen LogP contribution in [0.5, 0.6) is 0 Å². The molecule has 0 aliphatic rings. The molecule has 0 fully saturated rings. The molecule has 0 saturated carbocycles. The van der Waals surface area contributed by atoms with Gasteiger partial charge in [-0.2, -0.15) is 0 Å². The fraction of sp³-hybridized carbons (Fsp3) is 0.273. The van der Waals surface area contributed by atoms with Crippen LogP contribution >= 0.6 is 24.0 Å². The van der Waals surface area contributed by atoms with E-state index in [-0.39, 0.29) is 36.1 Å². The Labute approximate surface area is 193 Å². The van der Waals surface area contributed by atoms with Gasteiger partial charge in [-0.1, -0.05) is 48.5 Å². The summed E-state index contributed by atoms with van der Waals surface area (Å²) in [5, 5.41) is 13.5. The fourth-order valence-corrected chi connectivity index (χ4v) is 2.99. The van der Waals surface area contributed by atoms with E-state index >= 15 is 0 Å². The van der Waals surface area contributed by atoms with Crippen LogP contribution in [0.4, 0.5) is 4.39 Å². The lowest BCUT2D eigenvalue weighted by molar-refractivity contribution is 0.181. The summed E-state index contributed by atoms with van der Waals surface area (Å²) in [6, 6.07) is 16.2. The number of aromatic nitrogens is 2. The molecule has 0 aliphatic carbocycles. The van der Waals surface area contributed by atoms with Crippen molar-refractivity contribution < 1.29 is 9.50 Å². The van der Waals surface area contributed by atoms with Gasteiger partial charge in [0.1, 0.15) is 17.7 Å². The Kier molecular flexibility index (Phi) is 9.25. The zero-order valence-electron chi connectivity index (χ0n) is 17.0. The van der Waals surface area contributed by atoms with Gasteiger partial charge in [0, 0.05) is 19.2 Å². The van der Waals surface area contributed by atoms with E-state index in [1.165, 1.54) is 6.07 Å². The van der Waals surface area contributed by atoms with Crippen molar-refractivity contribution in [2.24, 2.45) is 4.99 Å². The summed E-state index contributed by atoms with van der Waals surface area (Å²) in [7, 11) is 1.89. The predicted octanol–water partition coefficient (Wildman–Crippen LogP) is 3.96. The summed E-state index contributed by atoms with van der Waals surface area (Å²) >= 11 is 0. The van der Waals surface area contributed by atoms with Gasteiger partial charge < -0.3 is 20.3 Å². The smallest absolute Gasteiger partial charge is 0.194 e. The average molecular weight is 523 g/mol. The number of guanidine groups is 1. The van der Waals surface area contributed by atoms with E-state index < -0.39 is 11.9 Å². The van der Waals surface area contributed by atoms with Gasteiger partial charge in [0.15, 0.2) is 5.96 Å². The Morgan fingerprint density at radius 2 is 1.90 bits per heavy atom. The van der Waals surface area contributed by atoms with E-state index in [2.05, 4.69) is 20.3 Å². The summed E-state index contributed by atoms with van der Waals surface area (Å²) in [4.78, 5) is 14.1. The number of aliphatic imine (C=N–C) groups is 1. The van der Waals surface area contributed by atoms with E-state index in [4.69, 9.17) is 0 Å². The lowest BCUT2D eigenvalue weighted by atomic mass is 10.1. The van der Waals surface area contributed by atoms with Crippen LogP contribution in [0.2, 0.25) is 0 Å². The number of aliphatic hydroxyl groups excluding tert-OH is 1. The summed E-state index contributed by atoms with van der Waals surface area (Å²) in [6.45, 7) is 3.21. The lowest BCUT2D eigenvalue weighted by Gasteiger charge is -2.21. The number of halogens is 2. The molecule has 6 nitrogen and oxygen atoms in total. The Hall–Kier alpha value is -2.46. The SMILES string of the molecule is CCNC(=NCC(O)c1ccccc1F)N(C)Cc1ncc(-c2ccccc2)[nH]1.I. The van der Waals surface area contributed by atoms with Crippen molar-refractivity contribution >= 4 is 29.9 Å². The molecule has 1 atom stereocenters. The number of nitrogens with zero attached hydrogens (tertiary/aromatic N) is 3. The number of hydrogen-bond acceptors (Lipinski definition) is 3. The highest BCUT2D eigenvalue weighted by Crippen LogP contribution is 2.18. The van der Waals surface area contributed by atoms with Crippen molar-refractivity contribution in [2.45, 2.75) is 19.6 Å². The quantitative estimate of drug-likeness (QED) is 0.249. The van der Waals surface area contributed by atoms with Crippen LogP contribution < -0.4 is 5.32 Å². The first-order chi connectivity index (χ1) is 14.1. The number of aliphatic hydroxyl groups is 1. The van der Waals surface area contributed by atoms with Crippen molar-refractivity contribution in [3.05, 3.63) is 78.0 Å². The lowest BCUT2D eigenvalue weighted by Crippen LogP contribution is -2.39. The van der Waals surface area contributed by atoms with E-state index in [0.29, 0.717) is 19.0 Å². The summed E-state index contributed by atoms with van der Waals surface area (Å²) in [6.07, 6.45) is 0.802. The van der Waals surface area contributed by atoms with Gasteiger partial charge in [-0.05, 0) is 18.6 Å². The van der Waals surface area contributed by atoms with Gasteiger partial charge in [-0.25, -0.2) is 9.37 Å². The molecular weight excluding hydrogens is 496 g/mol. The van der Waals surface area contributed by atoms with E-state index in [0.717, 1.165) is 17.1 Å². The summed E-state index contributed by atoms with van der Waals surface area (Å²) in [5.41, 5.74) is 2.27. The zero-order valence-corrected chi connectivity index (χ0v) is 19.4. The molecule has 8 heteroatoms. The molecule has 1 heterocycles. The highest BCUT2D eigenvalue weighted by Gasteiger charge is 2.14. The minimum Gasteiger partial charge on any atom is -0.386 e. The molecule has 1 unspecified atom stereocenters. The average Bonchev–Trinajstić information content (AvgIpc) is 3.20. The number of H-pyrrole nitrogens is 1. The molecular formula is C22H27FIN5O. The topological polar surface area (TPSA) is 76.5 Å². The molecule has 3 aromatic rings. The second-order valence-electron chi connectivity index (χ2n) is 6.70. The molecule has 2 aromatic carbocycles. The van der Waals surface area contributed by atoms with Crippen LogP contribution in [-0.4, -0.2) is 46.1 Å². The summed E-state index contributed by atoms with van der Waals surface area (Å²) < 4.78 is 13.9. The predicted molar refractivity (Wildman–Crippen MR) is 128 cm³/mol. The molecule has 0 saturated heterocycles. The van der Waals surface area contributed by atoms with Crippen molar-refractivity contribution in [1.82, 2.24) is 20.2 Å².